The zero-order valence-corrected chi connectivity index (χ0v) is 14.5. The zero-order valence-electron chi connectivity index (χ0n) is 13.7. The van der Waals surface area contributed by atoms with Crippen molar-refractivity contribution in [3.63, 3.8) is 0 Å². The van der Waals surface area contributed by atoms with Gasteiger partial charge < -0.3 is 9.15 Å². The molecule has 0 fully saturated rings. The smallest absolute Gasteiger partial charge is 0.343 e. The van der Waals surface area contributed by atoms with E-state index in [-0.39, 0.29) is 5.63 Å². The van der Waals surface area contributed by atoms with Crippen molar-refractivity contribution in [1.82, 2.24) is 4.98 Å². The first-order valence-corrected chi connectivity index (χ1v) is 9.21. The summed E-state index contributed by atoms with van der Waals surface area (Å²) < 4.78 is 11.8. The van der Waals surface area contributed by atoms with Crippen LogP contribution in [0.5, 0.6) is 5.75 Å². The minimum Gasteiger partial charge on any atom is -0.423 e. The summed E-state index contributed by atoms with van der Waals surface area (Å²) in [6.45, 7) is 0. The Morgan fingerprint density at radius 1 is 1.12 bits per heavy atom. The summed E-state index contributed by atoms with van der Waals surface area (Å²) >= 11 is 1.47. The fourth-order valence-corrected chi connectivity index (χ4v) is 4.19. The molecular weight excluding hydrogens is 350 g/mol. The second kappa shape index (κ2) is 5.78. The lowest BCUT2D eigenvalue weighted by atomic mass is 10.1. The molecule has 6 heteroatoms. The highest BCUT2D eigenvalue weighted by Gasteiger charge is 2.20. The number of carbonyl (C=O) groups excluding carboxylic acids is 1. The third-order valence-corrected chi connectivity index (χ3v) is 5.51. The molecule has 4 aromatic rings. The van der Waals surface area contributed by atoms with Gasteiger partial charge in [-0.25, -0.2) is 14.6 Å². The molecule has 26 heavy (non-hydrogen) atoms. The van der Waals surface area contributed by atoms with E-state index in [1.54, 1.807) is 35.8 Å². The number of ether oxygens (including phenoxy) is 1. The number of fused-ring (bicyclic) bond motifs is 4. The molecule has 1 aliphatic rings. The first-order chi connectivity index (χ1) is 12.7. The Morgan fingerprint density at radius 2 is 2.00 bits per heavy atom. The van der Waals surface area contributed by atoms with Crippen LogP contribution in [-0.4, -0.2) is 11.0 Å². The Kier molecular flexibility index (Phi) is 3.39. The molecule has 1 aliphatic carbocycles. The van der Waals surface area contributed by atoms with Crippen LogP contribution in [0.3, 0.4) is 0 Å². The van der Waals surface area contributed by atoms with Crippen LogP contribution < -0.4 is 10.4 Å². The number of carbonyl (C=O) groups is 1. The molecule has 0 spiro atoms. The molecule has 0 saturated carbocycles. The number of thiazole rings is 1. The van der Waals surface area contributed by atoms with Gasteiger partial charge in [0.05, 0.1) is 21.3 Å². The van der Waals surface area contributed by atoms with Crippen molar-refractivity contribution in [2.75, 3.05) is 0 Å². The van der Waals surface area contributed by atoms with Gasteiger partial charge in [-0.05, 0) is 55.2 Å². The molecule has 0 bridgehead atoms. The summed E-state index contributed by atoms with van der Waals surface area (Å²) in [4.78, 5) is 28.7. The van der Waals surface area contributed by atoms with Crippen LogP contribution in [0.4, 0.5) is 0 Å². The van der Waals surface area contributed by atoms with Crippen molar-refractivity contribution in [3.8, 4) is 5.75 Å². The fourth-order valence-electron chi connectivity index (χ4n) is 3.48. The largest absolute Gasteiger partial charge is 0.423 e. The predicted molar refractivity (Wildman–Crippen MR) is 99.1 cm³/mol. The van der Waals surface area contributed by atoms with E-state index in [2.05, 4.69) is 4.98 Å². The van der Waals surface area contributed by atoms with E-state index in [0.29, 0.717) is 16.9 Å². The van der Waals surface area contributed by atoms with Gasteiger partial charge in [0.1, 0.15) is 11.3 Å². The third kappa shape index (κ3) is 2.42. The number of hydrogen-bond donors (Lipinski definition) is 0. The first-order valence-electron chi connectivity index (χ1n) is 8.33. The molecule has 0 radical (unpaired) electrons. The lowest BCUT2D eigenvalue weighted by Crippen LogP contribution is -2.09. The SMILES string of the molecule is O=C(Oc1ccc2c3c(c(=O)oc2c1)CCC3)c1ccc2ncsc2c1. The number of benzene rings is 2. The first kappa shape index (κ1) is 15.3. The van der Waals surface area contributed by atoms with E-state index in [1.807, 2.05) is 6.07 Å². The van der Waals surface area contributed by atoms with E-state index < -0.39 is 5.97 Å². The Labute approximate surface area is 151 Å². The molecule has 128 valence electrons. The number of aromatic nitrogens is 1. The topological polar surface area (TPSA) is 69.4 Å². The average molecular weight is 363 g/mol. The summed E-state index contributed by atoms with van der Waals surface area (Å²) in [6, 6.07) is 10.5. The number of aryl methyl sites for hydroxylation is 1. The Bertz CT molecular complexity index is 1240. The van der Waals surface area contributed by atoms with Crippen LogP contribution in [0.1, 0.15) is 27.9 Å². The van der Waals surface area contributed by atoms with E-state index in [4.69, 9.17) is 9.15 Å². The summed E-state index contributed by atoms with van der Waals surface area (Å²) in [5.41, 5.74) is 5.06. The third-order valence-electron chi connectivity index (χ3n) is 4.72. The minimum absolute atomic E-state index is 0.288. The summed E-state index contributed by atoms with van der Waals surface area (Å²) in [5.74, 6) is -0.101. The monoisotopic (exact) mass is 363 g/mol. The second-order valence-corrected chi connectivity index (χ2v) is 7.17. The van der Waals surface area contributed by atoms with Gasteiger partial charge >= 0.3 is 11.6 Å². The van der Waals surface area contributed by atoms with Crippen LogP contribution in [0.2, 0.25) is 0 Å². The molecule has 2 aromatic heterocycles. The molecule has 5 nitrogen and oxygen atoms in total. The molecule has 5 rings (SSSR count). The van der Waals surface area contributed by atoms with Gasteiger partial charge in [0.15, 0.2) is 0 Å². The van der Waals surface area contributed by atoms with Gasteiger partial charge in [0.2, 0.25) is 0 Å². The second-order valence-electron chi connectivity index (χ2n) is 6.28. The molecule has 0 unspecified atom stereocenters. The molecule has 2 aromatic carbocycles. The number of esters is 1. The van der Waals surface area contributed by atoms with Crippen molar-refractivity contribution in [3.05, 3.63) is 69.0 Å². The highest BCUT2D eigenvalue weighted by atomic mass is 32.1. The highest BCUT2D eigenvalue weighted by molar-refractivity contribution is 7.16. The Morgan fingerprint density at radius 3 is 2.92 bits per heavy atom. The van der Waals surface area contributed by atoms with Gasteiger partial charge in [-0.1, -0.05) is 0 Å². The van der Waals surface area contributed by atoms with E-state index in [1.165, 1.54) is 11.3 Å². The standard InChI is InChI=1S/C20H13NO4S/c22-19(11-4-7-16-18(8-11)26-10-21-16)24-12-5-6-14-13-2-1-3-15(13)20(23)25-17(14)9-12/h4-10H,1-3H2. The summed E-state index contributed by atoms with van der Waals surface area (Å²) in [6.07, 6.45) is 2.62. The maximum absolute atomic E-state index is 12.4. The lowest BCUT2D eigenvalue weighted by molar-refractivity contribution is 0.0735. The van der Waals surface area contributed by atoms with Crippen LogP contribution in [-0.2, 0) is 12.8 Å². The van der Waals surface area contributed by atoms with Crippen LogP contribution in [0.15, 0.2) is 51.1 Å². The number of rotatable bonds is 2. The van der Waals surface area contributed by atoms with Crippen LogP contribution >= 0.6 is 11.3 Å². The molecular formula is C20H13NO4S. The number of hydrogen-bond acceptors (Lipinski definition) is 6. The molecule has 0 N–H and O–H groups in total. The fraction of sp³-hybridized carbons (Fsp3) is 0.150. The Balaban J connectivity index is 1.50. The van der Waals surface area contributed by atoms with E-state index in [9.17, 15) is 9.59 Å². The van der Waals surface area contributed by atoms with Crippen molar-refractivity contribution in [2.24, 2.45) is 0 Å². The number of nitrogens with zero attached hydrogens (tertiary/aromatic N) is 1. The molecule has 2 heterocycles. The van der Waals surface area contributed by atoms with E-state index in [0.717, 1.165) is 46.0 Å². The van der Waals surface area contributed by atoms with Gasteiger partial charge in [0, 0.05) is 17.0 Å². The zero-order chi connectivity index (χ0) is 17.7. The van der Waals surface area contributed by atoms with Crippen LogP contribution in [0, 0.1) is 0 Å². The predicted octanol–water partition coefficient (Wildman–Crippen LogP) is 4.11. The molecule has 0 aliphatic heterocycles. The summed E-state index contributed by atoms with van der Waals surface area (Å²) in [7, 11) is 0. The molecule has 0 atom stereocenters. The molecule has 0 saturated heterocycles. The maximum Gasteiger partial charge on any atom is 0.343 e. The van der Waals surface area contributed by atoms with Crippen LogP contribution in [0.25, 0.3) is 21.2 Å². The average Bonchev–Trinajstić information content (AvgIpc) is 3.30. The van der Waals surface area contributed by atoms with Gasteiger partial charge in [-0.2, -0.15) is 0 Å². The molecule has 0 amide bonds. The van der Waals surface area contributed by atoms with Crippen molar-refractivity contribution >= 4 is 38.5 Å². The van der Waals surface area contributed by atoms with Gasteiger partial charge in [-0.15, -0.1) is 11.3 Å². The summed E-state index contributed by atoms with van der Waals surface area (Å²) in [5, 5.41) is 0.919. The van der Waals surface area contributed by atoms with Crippen molar-refractivity contribution in [1.29, 1.82) is 0 Å². The normalized spacial score (nSPS) is 13.2. The lowest BCUT2D eigenvalue weighted by Gasteiger charge is -2.07. The van der Waals surface area contributed by atoms with Crippen molar-refractivity contribution in [2.45, 2.75) is 19.3 Å². The Hall–Kier alpha value is -2.99. The van der Waals surface area contributed by atoms with Gasteiger partial charge in [-0.3, -0.25) is 0 Å². The van der Waals surface area contributed by atoms with Crippen molar-refractivity contribution < 1.29 is 13.9 Å². The van der Waals surface area contributed by atoms with E-state index >= 15 is 0 Å². The maximum atomic E-state index is 12.4. The highest BCUT2D eigenvalue weighted by Crippen LogP contribution is 2.30. The quantitative estimate of drug-likeness (QED) is 0.304. The minimum atomic E-state index is -0.455. The van der Waals surface area contributed by atoms with Gasteiger partial charge in [0.25, 0.3) is 0 Å².